The Balaban J connectivity index is 1.79. The number of nitrogens with zero attached hydrogens (tertiary/aromatic N) is 1. The van der Waals surface area contributed by atoms with Crippen LogP contribution in [0.15, 0.2) is 41.3 Å². The maximum Gasteiger partial charge on any atom is 0.416 e. The first kappa shape index (κ1) is 22.0. The van der Waals surface area contributed by atoms with Gasteiger partial charge in [0.2, 0.25) is 0 Å². The molecule has 0 saturated carbocycles. The number of alkyl halides is 3. The minimum Gasteiger partial charge on any atom is -0.496 e. The molecule has 1 unspecified atom stereocenters. The summed E-state index contributed by atoms with van der Waals surface area (Å²) in [4.78, 5) is 16.1. The Hall–Kier alpha value is -2.19. The lowest BCUT2D eigenvalue weighted by molar-refractivity contribution is -0.137. The lowest BCUT2D eigenvalue weighted by Gasteiger charge is -2.39. The van der Waals surface area contributed by atoms with Crippen LogP contribution in [0.25, 0.3) is 0 Å². The number of aryl methyl sites for hydroxylation is 1. The summed E-state index contributed by atoms with van der Waals surface area (Å²) in [5, 5.41) is 3.23. The molecular formula is C23H25F3N2O2S. The smallest absolute Gasteiger partial charge is 0.416 e. The number of rotatable bonds is 4. The molecule has 31 heavy (non-hydrogen) atoms. The first-order chi connectivity index (χ1) is 14.8. The van der Waals surface area contributed by atoms with Crippen LogP contribution in [0.4, 0.5) is 13.2 Å². The third-order valence-corrected chi connectivity index (χ3v) is 6.99. The minimum absolute atomic E-state index is 0.0699. The zero-order chi connectivity index (χ0) is 22.2. The molecule has 1 N–H and O–H groups in total. The number of methoxy groups -OCH3 is 1. The number of nitrogens with one attached hydrogen (secondary N) is 1. The predicted molar refractivity (Wildman–Crippen MR) is 114 cm³/mol. The van der Waals surface area contributed by atoms with Gasteiger partial charge in [-0.3, -0.25) is 9.69 Å². The van der Waals surface area contributed by atoms with E-state index in [1.165, 1.54) is 12.7 Å². The number of ether oxygens (including phenoxy) is 1. The third-order valence-electron chi connectivity index (χ3n) is 6.22. The van der Waals surface area contributed by atoms with Gasteiger partial charge in [0.15, 0.2) is 0 Å². The number of halogens is 3. The van der Waals surface area contributed by atoms with Crippen LogP contribution in [0.1, 0.15) is 46.3 Å². The average molecular weight is 451 g/mol. The van der Waals surface area contributed by atoms with Crippen molar-refractivity contribution in [2.24, 2.45) is 0 Å². The van der Waals surface area contributed by atoms with E-state index in [2.05, 4.69) is 22.3 Å². The Morgan fingerprint density at radius 1 is 1.19 bits per heavy atom. The summed E-state index contributed by atoms with van der Waals surface area (Å²) in [6.07, 6.45) is 0.764. The summed E-state index contributed by atoms with van der Waals surface area (Å²) in [5.41, 5.74) is 0.941. The van der Waals surface area contributed by atoms with Gasteiger partial charge in [-0.25, -0.2) is 0 Å². The number of thioether (sulfide) groups is 1. The first-order valence-electron chi connectivity index (χ1n) is 10.3. The number of fused-ring (bicyclic) bond motifs is 3. The second-order valence-corrected chi connectivity index (χ2v) is 8.77. The van der Waals surface area contributed by atoms with Crippen LogP contribution < -0.4 is 10.1 Å². The maximum atomic E-state index is 13.6. The molecule has 2 aromatic rings. The number of hydrogen-bond acceptors (Lipinski definition) is 4. The van der Waals surface area contributed by atoms with Crippen molar-refractivity contribution >= 4 is 17.7 Å². The summed E-state index contributed by atoms with van der Waals surface area (Å²) in [5.74, 6) is -0.488. The van der Waals surface area contributed by atoms with E-state index in [0.29, 0.717) is 0 Å². The molecule has 1 saturated heterocycles. The summed E-state index contributed by atoms with van der Waals surface area (Å²) in [6.45, 7) is 1.72. The van der Waals surface area contributed by atoms with Gasteiger partial charge in [0.1, 0.15) is 11.4 Å². The number of carbonyl (C=O) groups excluding carboxylic acids is 1. The highest BCUT2D eigenvalue weighted by atomic mass is 32.2. The molecule has 2 aromatic carbocycles. The Labute approximate surface area is 184 Å². The van der Waals surface area contributed by atoms with Gasteiger partial charge >= 0.3 is 6.18 Å². The van der Waals surface area contributed by atoms with Gasteiger partial charge in [0.05, 0.1) is 18.2 Å². The van der Waals surface area contributed by atoms with Gasteiger partial charge in [0, 0.05) is 18.0 Å². The highest BCUT2D eigenvalue weighted by molar-refractivity contribution is 7.98. The lowest BCUT2D eigenvalue weighted by Crippen LogP contribution is -2.54. The van der Waals surface area contributed by atoms with Crippen molar-refractivity contribution in [3.63, 3.8) is 0 Å². The molecule has 0 aromatic heterocycles. The van der Waals surface area contributed by atoms with E-state index in [4.69, 9.17) is 4.74 Å². The lowest BCUT2D eigenvalue weighted by atomic mass is 9.91. The van der Waals surface area contributed by atoms with Gasteiger partial charge in [-0.2, -0.15) is 13.2 Å². The summed E-state index contributed by atoms with van der Waals surface area (Å²) >= 11 is 1.10. The topological polar surface area (TPSA) is 41.6 Å². The molecule has 0 spiro atoms. The SMILES string of the molecule is COc1cc(C(F)(F)F)cc(SC)c1C(=O)NC12CCCN1CCCc1ccccc12. The van der Waals surface area contributed by atoms with Crippen molar-refractivity contribution in [3.05, 3.63) is 58.7 Å². The molecule has 1 amide bonds. The fourth-order valence-electron chi connectivity index (χ4n) is 4.84. The van der Waals surface area contributed by atoms with Crippen LogP contribution in [-0.2, 0) is 18.3 Å². The quantitative estimate of drug-likeness (QED) is 0.661. The summed E-state index contributed by atoms with van der Waals surface area (Å²) < 4.78 is 45.3. The largest absolute Gasteiger partial charge is 0.496 e. The van der Waals surface area contributed by atoms with Crippen molar-refractivity contribution in [3.8, 4) is 5.75 Å². The molecule has 4 rings (SSSR count). The van der Waals surface area contributed by atoms with E-state index >= 15 is 0 Å². The van der Waals surface area contributed by atoms with Crippen molar-refractivity contribution in [2.75, 3.05) is 26.5 Å². The Morgan fingerprint density at radius 3 is 2.65 bits per heavy atom. The van der Waals surface area contributed by atoms with Crippen LogP contribution in [0.2, 0.25) is 0 Å². The molecule has 8 heteroatoms. The third kappa shape index (κ3) is 3.91. The van der Waals surface area contributed by atoms with Gasteiger partial charge in [-0.05, 0) is 55.2 Å². The molecule has 2 aliphatic heterocycles. The van der Waals surface area contributed by atoms with Gasteiger partial charge < -0.3 is 10.1 Å². The highest BCUT2D eigenvalue weighted by Crippen LogP contribution is 2.43. The van der Waals surface area contributed by atoms with E-state index in [0.717, 1.165) is 68.2 Å². The van der Waals surface area contributed by atoms with E-state index in [1.807, 2.05) is 12.1 Å². The van der Waals surface area contributed by atoms with E-state index in [-0.39, 0.29) is 16.2 Å². The highest BCUT2D eigenvalue weighted by Gasteiger charge is 2.46. The maximum absolute atomic E-state index is 13.6. The van der Waals surface area contributed by atoms with Gasteiger partial charge in [-0.1, -0.05) is 24.3 Å². The molecule has 2 heterocycles. The van der Waals surface area contributed by atoms with Crippen LogP contribution in [0, 0.1) is 0 Å². The van der Waals surface area contributed by atoms with Crippen molar-refractivity contribution < 1.29 is 22.7 Å². The molecule has 0 radical (unpaired) electrons. The molecule has 0 bridgehead atoms. The van der Waals surface area contributed by atoms with Gasteiger partial charge in [-0.15, -0.1) is 11.8 Å². The van der Waals surface area contributed by atoms with E-state index in [1.54, 1.807) is 6.26 Å². The van der Waals surface area contributed by atoms with Crippen molar-refractivity contribution in [2.45, 2.75) is 42.4 Å². The summed E-state index contributed by atoms with van der Waals surface area (Å²) in [6, 6.07) is 10.0. The Kier molecular flexibility index (Phi) is 5.96. The molecule has 166 valence electrons. The number of amides is 1. The number of benzene rings is 2. The first-order valence-corrected chi connectivity index (χ1v) is 11.5. The normalized spacial score (nSPS) is 21.2. The number of carbonyl (C=O) groups is 1. The predicted octanol–water partition coefficient (Wildman–Crippen LogP) is 5.06. The number of hydrogen-bond donors (Lipinski definition) is 1. The summed E-state index contributed by atoms with van der Waals surface area (Å²) in [7, 11) is 1.29. The second-order valence-electron chi connectivity index (χ2n) is 7.92. The zero-order valence-electron chi connectivity index (χ0n) is 17.5. The van der Waals surface area contributed by atoms with E-state index < -0.39 is 23.3 Å². The van der Waals surface area contributed by atoms with Crippen LogP contribution in [-0.4, -0.2) is 37.3 Å². The Morgan fingerprint density at radius 2 is 1.94 bits per heavy atom. The fourth-order valence-corrected chi connectivity index (χ4v) is 5.49. The van der Waals surface area contributed by atoms with Crippen molar-refractivity contribution in [1.82, 2.24) is 10.2 Å². The zero-order valence-corrected chi connectivity index (χ0v) is 18.3. The van der Waals surface area contributed by atoms with E-state index in [9.17, 15) is 18.0 Å². The molecular weight excluding hydrogens is 425 g/mol. The molecule has 1 atom stereocenters. The molecule has 2 aliphatic rings. The minimum atomic E-state index is -4.52. The standard InChI is InChI=1S/C23H25F3N2O2S/c1-30-18-13-16(23(24,25)26)14-19(31-2)20(18)21(29)27-22-10-6-12-28(22)11-5-8-15-7-3-4-9-17(15)22/h3-4,7,9,13-14H,5-6,8,10-12H2,1-2H3,(H,27,29). The second kappa shape index (κ2) is 8.39. The van der Waals surface area contributed by atoms with Crippen LogP contribution >= 0.6 is 11.8 Å². The molecule has 4 nitrogen and oxygen atoms in total. The van der Waals surface area contributed by atoms with Crippen LogP contribution in [0.3, 0.4) is 0 Å². The molecule has 1 fully saturated rings. The van der Waals surface area contributed by atoms with Crippen LogP contribution in [0.5, 0.6) is 5.75 Å². The average Bonchev–Trinajstić information content (AvgIpc) is 3.08. The monoisotopic (exact) mass is 450 g/mol. The van der Waals surface area contributed by atoms with Gasteiger partial charge in [0.25, 0.3) is 5.91 Å². The Bertz CT molecular complexity index is 970. The van der Waals surface area contributed by atoms with Crippen molar-refractivity contribution in [1.29, 1.82) is 0 Å². The molecule has 0 aliphatic carbocycles. The fraction of sp³-hybridized carbons (Fsp3) is 0.435.